The lowest BCUT2D eigenvalue weighted by molar-refractivity contribution is -0.139. The molecular formula is C17H19NO5S. The average molecular weight is 349 g/mol. The zero-order valence-electron chi connectivity index (χ0n) is 13.2. The Hall–Kier alpha value is -2.38. The first-order valence-electron chi connectivity index (χ1n) is 7.44. The van der Waals surface area contributed by atoms with Gasteiger partial charge in [-0.3, -0.25) is 0 Å². The van der Waals surface area contributed by atoms with Gasteiger partial charge >= 0.3 is 5.97 Å². The highest BCUT2D eigenvalue weighted by Crippen LogP contribution is 2.22. The molecule has 7 heteroatoms. The van der Waals surface area contributed by atoms with E-state index in [0.717, 1.165) is 5.56 Å². The third-order valence-corrected chi connectivity index (χ3v) is 4.89. The van der Waals surface area contributed by atoms with E-state index in [9.17, 15) is 13.2 Å². The first-order chi connectivity index (χ1) is 11.4. The van der Waals surface area contributed by atoms with E-state index >= 15 is 0 Å². The van der Waals surface area contributed by atoms with Gasteiger partial charge in [0, 0.05) is 6.04 Å². The van der Waals surface area contributed by atoms with Crippen molar-refractivity contribution in [1.29, 1.82) is 0 Å². The molecule has 0 spiro atoms. The molecule has 0 fully saturated rings. The lowest BCUT2D eigenvalue weighted by Gasteiger charge is -2.18. The second-order valence-electron chi connectivity index (χ2n) is 5.15. The quantitative estimate of drug-likeness (QED) is 0.764. The SMILES string of the molecule is CCC(NS(=O)(=O)c1ccccc1)c1ccc(OCC(=O)O)cc1. The van der Waals surface area contributed by atoms with Crippen LogP contribution in [0.25, 0.3) is 0 Å². The Balaban J connectivity index is 2.12. The number of rotatable bonds is 8. The standard InChI is InChI=1S/C17H19NO5S/c1-2-16(18-24(21,22)15-6-4-3-5-7-15)13-8-10-14(11-9-13)23-12-17(19)20/h3-11,16,18H,2,12H2,1H3,(H,19,20). The van der Waals surface area contributed by atoms with Crippen molar-refractivity contribution in [2.45, 2.75) is 24.3 Å². The zero-order chi connectivity index (χ0) is 17.6. The van der Waals surface area contributed by atoms with Crippen LogP contribution in [0.5, 0.6) is 5.75 Å². The molecule has 0 aliphatic rings. The molecule has 2 rings (SSSR count). The van der Waals surface area contributed by atoms with Crippen molar-refractivity contribution in [2.24, 2.45) is 0 Å². The molecule has 0 heterocycles. The van der Waals surface area contributed by atoms with Crippen LogP contribution in [0.4, 0.5) is 0 Å². The van der Waals surface area contributed by atoms with E-state index in [1.807, 2.05) is 6.92 Å². The number of carbonyl (C=O) groups is 1. The number of nitrogens with one attached hydrogen (secondary N) is 1. The van der Waals surface area contributed by atoms with Gasteiger partial charge in [0.2, 0.25) is 10.0 Å². The Morgan fingerprint density at radius 3 is 2.29 bits per heavy atom. The largest absolute Gasteiger partial charge is 0.482 e. The van der Waals surface area contributed by atoms with E-state index in [-0.39, 0.29) is 10.9 Å². The number of ether oxygens (including phenoxy) is 1. The van der Waals surface area contributed by atoms with Gasteiger partial charge in [-0.1, -0.05) is 37.3 Å². The first kappa shape index (κ1) is 18.0. The van der Waals surface area contributed by atoms with E-state index in [2.05, 4.69) is 4.72 Å². The molecule has 1 unspecified atom stereocenters. The molecule has 128 valence electrons. The molecule has 0 saturated carbocycles. The van der Waals surface area contributed by atoms with Crippen LogP contribution in [-0.4, -0.2) is 26.1 Å². The van der Waals surface area contributed by atoms with E-state index in [1.165, 1.54) is 12.1 Å². The Labute approximate surface area is 141 Å². The maximum atomic E-state index is 12.4. The van der Waals surface area contributed by atoms with Crippen molar-refractivity contribution in [1.82, 2.24) is 4.72 Å². The molecule has 0 aliphatic heterocycles. The second-order valence-corrected chi connectivity index (χ2v) is 6.86. The summed E-state index contributed by atoms with van der Waals surface area (Å²) in [5, 5.41) is 8.59. The summed E-state index contributed by atoms with van der Waals surface area (Å²) in [6, 6.07) is 14.5. The first-order valence-corrected chi connectivity index (χ1v) is 8.92. The lowest BCUT2D eigenvalue weighted by atomic mass is 10.1. The molecule has 2 aromatic carbocycles. The molecule has 6 nitrogen and oxygen atoms in total. The summed E-state index contributed by atoms with van der Waals surface area (Å²) in [6.45, 7) is 1.46. The van der Waals surface area contributed by atoms with Crippen LogP contribution < -0.4 is 9.46 Å². The van der Waals surface area contributed by atoms with Gasteiger partial charge < -0.3 is 9.84 Å². The Bertz CT molecular complexity index is 772. The van der Waals surface area contributed by atoms with Gasteiger partial charge in [0.25, 0.3) is 0 Å². The zero-order valence-corrected chi connectivity index (χ0v) is 14.0. The highest BCUT2D eigenvalue weighted by molar-refractivity contribution is 7.89. The van der Waals surface area contributed by atoms with Crippen LogP contribution in [0.3, 0.4) is 0 Å². The Morgan fingerprint density at radius 1 is 1.12 bits per heavy atom. The van der Waals surface area contributed by atoms with Gasteiger partial charge in [0.1, 0.15) is 5.75 Å². The molecule has 24 heavy (non-hydrogen) atoms. The molecule has 0 aromatic heterocycles. The van der Waals surface area contributed by atoms with E-state index in [1.54, 1.807) is 42.5 Å². The van der Waals surface area contributed by atoms with Crippen molar-refractivity contribution in [3.8, 4) is 5.75 Å². The van der Waals surface area contributed by atoms with Crippen LogP contribution >= 0.6 is 0 Å². The number of carboxylic acids is 1. The Morgan fingerprint density at radius 2 is 1.75 bits per heavy atom. The molecule has 0 radical (unpaired) electrons. The second kappa shape index (κ2) is 7.94. The monoisotopic (exact) mass is 349 g/mol. The molecule has 0 saturated heterocycles. The van der Waals surface area contributed by atoms with Gasteiger partial charge in [-0.2, -0.15) is 0 Å². The molecule has 2 N–H and O–H groups in total. The summed E-state index contributed by atoms with van der Waals surface area (Å²) in [7, 11) is -3.61. The number of sulfonamides is 1. The molecule has 0 bridgehead atoms. The minimum absolute atomic E-state index is 0.213. The summed E-state index contributed by atoms with van der Waals surface area (Å²) in [4.78, 5) is 10.7. The summed E-state index contributed by atoms with van der Waals surface area (Å²) in [5.74, 6) is -0.636. The fourth-order valence-corrected chi connectivity index (χ4v) is 3.51. The van der Waals surface area contributed by atoms with Crippen molar-refractivity contribution in [3.63, 3.8) is 0 Å². The summed E-state index contributed by atoms with van der Waals surface area (Å²) < 4.78 is 32.6. The van der Waals surface area contributed by atoms with Crippen LogP contribution in [0.1, 0.15) is 24.9 Å². The van der Waals surface area contributed by atoms with Gasteiger partial charge in [-0.25, -0.2) is 17.9 Å². The third kappa shape index (κ3) is 4.81. The number of hydrogen-bond donors (Lipinski definition) is 2. The number of carboxylic acid groups (broad SMARTS) is 1. The molecule has 2 aromatic rings. The topological polar surface area (TPSA) is 92.7 Å². The number of hydrogen-bond acceptors (Lipinski definition) is 4. The van der Waals surface area contributed by atoms with Crippen molar-refractivity contribution in [3.05, 3.63) is 60.2 Å². The van der Waals surface area contributed by atoms with Crippen LogP contribution in [0, 0.1) is 0 Å². The molecular weight excluding hydrogens is 330 g/mol. The lowest BCUT2D eigenvalue weighted by Crippen LogP contribution is -2.28. The Kier molecular flexibility index (Phi) is 5.94. The molecule has 1 atom stereocenters. The van der Waals surface area contributed by atoms with Crippen LogP contribution in [0.15, 0.2) is 59.5 Å². The number of aliphatic carboxylic acids is 1. The van der Waals surface area contributed by atoms with Gasteiger partial charge in [0.15, 0.2) is 6.61 Å². The summed E-state index contributed by atoms with van der Waals surface area (Å²) in [6.07, 6.45) is 0.571. The maximum absolute atomic E-state index is 12.4. The highest BCUT2D eigenvalue weighted by Gasteiger charge is 2.20. The minimum atomic E-state index is -3.61. The predicted molar refractivity (Wildman–Crippen MR) is 89.4 cm³/mol. The van der Waals surface area contributed by atoms with Crippen molar-refractivity contribution < 1.29 is 23.1 Å². The van der Waals surface area contributed by atoms with Gasteiger partial charge in [0.05, 0.1) is 4.90 Å². The third-order valence-electron chi connectivity index (χ3n) is 3.40. The normalized spacial score (nSPS) is 12.5. The molecule has 0 amide bonds. The smallest absolute Gasteiger partial charge is 0.341 e. The minimum Gasteiger partial charge on any atom is -0.482 e. The number of benzene rings is 2. The van der Waals surface area contributed by atoms with Crippen LogP contribution in [-0.2, 0) is 14.8 Å². The molecule has 0 aliphatic carbocycles. The van der Waals surface area contributed by atoms with E-state index < -0.39 is 22.6 Å². The van der Waals surface area contributed by atoms with Crippen molar-refractivity contribution in [2.75, 3.05) is 6.61 Å². The van der Waals surface area contributed by atoms with Crippen molar-refractivity contribution >= 4 is 16.0 Å². The van der Waals surface area contributed by atoms with E-state index in [0.29, 0.717) is 12.2 Å². The fraction of sp³-hybridized carbons (Fsp3) is 0.235. The van der Waals surface area contributed by atoms with Gasteiger partial charge in [-0.15, -0.1) is 0 Å². The summed E-state index contributed by atoms with van der Waals surface area (Å²) in [5.41, 5.74) is 0.777. The fourth-order valence-electron chi connectivity index (χ4n) is 2.18. The predicted octanol–water partition coefficient (Wildman–Crippen LogP) is 2.58. The highest BCUT2D eigenvalue weighted by atomic mass is 32.2. The van der Waals surface area contributed by atoms with E-state index in [4.69, 9.17) is 9.84 Å². The summed E-state index contributed by atoms with van der Waals surface area (Å²) >= 11 is 0. The van der Waals surface area contributed by atoms with Crippen LogP contribution in [0.2, 0.25) is 0 Å². The average Bonchev–Trinajstić information content (AvgIpc) is 2.59. The van der Waals surface area contributed by atoms with Gasteiger partial charge in [-0.05, 0) is 36.2 Å². The maximum Gasteiger partial charge on any atom is 0.341 e.